The van der Waals surface area contributed by atoms with Crippen molar-refractivity contribution in [1.82, 2.24) is 0 Å². The third-order valence-electron chi connectivity index (χ3n) is 1.98. The largest absolute Gasteiger partial charge is 0.478 e. The van der Waals surface area contributed by atoms with E-state index in [1.807, 2.05) is 0 Å². The van der Waals surface area contributed by atoms with Gasteiger partial charge in [0.15, 0.2) is 0 Å². The summed E-state index contributed by atoms with van der Waals surface area (Å²) in [5.41, 5.74) is -0.664. The fraction of sp³-hybridized carbons (Fsp3) is 0.308. The Balaban J connectivity index is 2.96. The average Bonchev–Trinajstić information content (AvgIpc) is 2.26. The van der Waals surface area contributed by atoms with Gasteiger partial charge in [0, 0.05) is 11.8 Å². The van der Waals surface area contributed by atoms with Crippen molar-refractivity contribution in [2.75, 3.05) is 5.32 Å². The molecule has 1 aromatic carbocycles. The molecule has 1 rings (SSSR count). The predicted molar refractivity (Wildman–Crippen MR) is 70.0 cm³/mol. The summed E-state index contributed by atoms with van der Waals surface area (Å²) in [6, 6.07) is 3.70. The summed E-state index contributed by atoms with van der Waals surface area (Å²) in [5.74, 6) is -1.21. The second-order valence-corrected chi connectivity index (χ2v) is 4.89. The number of rotatable bonds is 4. The van der Waals surface area contributed by atoms with E-state index in [9.17, 15) is 14.4 Å². The van der Waals surface area contributed by atoms with Crippen molar-refractivity contribution in [2.45, 2.75) is 26.4 Å². The second kappa shape index (κ2) is 6.05. The highest BCUT2D eigenvalue weighted by Crippen LogP contribution is 2.21. The van der Waals surface area contributed by atoms with Gasteiger partial charge in [0.05, 0.1) is 5.56 Å². The molecule has 0 saturated heterocycles. The Bertz CT molecular complexity index is 532. The van der Waals surface area contributed by atoms with E-state index in [-0.39, 0.29) is 23.5 Å². The number of carbonyl (C=O) groups excluding carboxylic acids is 2. The van der Waals surface area contributed by atoms with Gasteiger partial charge in [-0.3, -0.25) is 10.1 Å². The van der Waals surface area contributed by atoms with Gasteiger partial charge in [-0.25, -0.2) is 9.59 Å². The monoisotopic (exact) mass is 281 g/mol. The Kier molecular flexibility index (Phi) is 4.68. The zero-order valence-corrected chi connectivity index (χ0v) is 11.3. The van der Waals surface area contributed by atoms with Crippen LogP contribution in [0.3, 0.4) is 0 Å². The summed E-state index contributed by atoms with van der Waals surface area (Å²) in [6.45, 7) is 5.25. The summed E-state index contributed by atoms with van der Waals surface area (Å²) >= 11 is 0. The van der Waals surface area contributed by atoms with Gasteiger partial charge in [-0.2, -0.15) is 0 Å². The lowest BCUT2D eigenvalue weighted by Gasteiger charge is -2.19. The van der Waals surface area contributed by atoms with Gasteiger partial charge >= 0.3 is 12.1 Å². The van der Waals surface area contributed by atoms with Crippen LogP contribution in [0.2, 0.25) is 0 Å². The van der Waals surface area contributed by atoms with Crippen LogP contribution in [0.1, 0.15) is 31.1 Å². The fourth-order valence-electron chi connectivity index (χ4n) is 1.34. The third kappa shape index (κ3) is 4.97. The number of amides is 1. The van der Waals surface area contributed by atoms with Crippen molar-refractivity contribution in [3.63, 3.8) is 0 Å². The quantitative estimate of drug-likeness (QED) is 0.821. The van der Waals surface area contributed by atoms with Crippen LogP contribution in [0, 0.1) is 0 Å². The van der Waals surface area contributed by atoms with Crippen molar-refractivity contribution < 1.29 is 29.0 Å². The summed E-state index contributed by atoms with van der Waals surface area (Å²) in [5, 5.41) is 11.3. The Morgan fingerprint density at radius 2 is 1.90 bits per heavy atom. The number of benzene rings is 1. The maximum absolute atomic E-state index is 11.6. The first-order valence-corrected chi connectivity index (χ1v) is 5.70. The molecule has 0 aliphatic carbocycles. The lowest BCUT2D eigenvalue weighted by atomic mass is 10.2. The molecule has 2 N–H and O–H groups in total. The maximum Gasteiger partial charge on any atom is 0.412 e. The first kappa shape index (κ1) is 15.5. The number of anilines is 1. The van der Waals surface area contributed by atoms with Crippen LogP contribution in [0.4, 0.5) is 10.5 Å². The number of carbonyl (C=O) groups is 3. The van der Waals surface area contributed by atoms with E-state index in [4.69, 9.17) is 9.84 Å². The number of hydrogen-bond donors (Lipinski definition) is 2. The number of ether oxygens (including phenoxy) is 2. The van der Waals surface area contributed by atoms with Crippen molar-refractivity contribution in [1.29, 1.82) is 0 Å². The number of carboxylic acid groups (broad SMARTS) is 1. The van der Waals surface area contributed by atoms with Crippen LogP contribution in [0.15, 0.2) is 18.2 Å². The van der Waals surface area contributed by atoms with Gasteiger partial charge in [0.2, 0.25) is 0 Å². The summed E-state index contributed by atoms with van der Waals surface area (Å²) in [4.78, 5) is 32.8. The Hall–Kier alpha value is -2.57. The number of nitrogens with one attached hydrogen (secondary N) is 1. The van der Waals surface area contributed by atoms with E-state index in [2.05, 4.69) is 10.1 Å². The molecule has 1 amide bonds. The van der Waals surface area contributed by atoms with E-state index in [0.29, 0.717) is 0 Å². The summed E-state index contributed by atoms with van der Waals surface area (Å²) in [7, 11) is 0. The lowest BCUT2D eigenvalue weighted by molar-refractivity contribution is -0.120. The molecular formula is C13H15NO6. The second-order valence-electron chi connectivity index (χ2n) is 4.89. The lowest BCUT2D eigenvalue weighted by Crippen LogP contribution is -2.27. The van der Waals surface area contributed by atoms with Crippen molar-refractivity contribution in [2.24, 2.45) is 0 Å². The molecule has 0 bridgehead atoms. The van der Waals surface area contributed by atoms with Crippen LogP contribution in [-0.2, 0) is 9.53 Å². The van der Waals surface area contributed by atoms with Crippen LogP contribution in [0.5, 0.6) is 5.75 Å². The van der Waals surface area contributed by atoms with Crippen molar-refractivity contribution in [3.8, 4) is 5.75 Å². The summed E-state index contributed by atoms with van der Waals surface area (Å²) in [6.07, 6.45) is -0.739. The van der Waals surface area contributed by atoms with E-state index < -0.39 is 17.7 Å². The van der Waals surface area contributed by atoms with Crippen LogP contribution in [-0.4, -0.2) is 29.2 Å². The molecule has 0 spiro atoms. The molecule has 0 saturated carbocycles. The Morgan fingerprint density at radius 1 is 1.25 bits per heavy atom. The molecule has 7 nitrogen and oxygen atoms in total. The zero-order valence-electron chi connectivity index (χ0n) is 11.3. The minimum absolute atomic E-state index is 0.00552. The van der Waals surface area contributed by atoms with Crippen molar-refractivity contribution >= 4 is 24.2 Å². The standard InChI is InChI=1S/C13H15NO6/c1-13(2,3)20-12(18)14-9-4-8(11(16)17)5-10(6-9)19-7-15/h4-7H,1-3H3,(H,14,18)(H,16,17). The molecule has 0 radical (unpaired) electrons. The zero-order chi connectivity index (χ0) is 15.3. The first-order chi connectivity index (χ1) is 9.21. The molecule has 0 aliphatic rings. The number of carboxylic acids is 1. The minimum atomic E-state index is -1.21. The van der Waals surface area contributed by atoms with Crippen LogP contribution >= 0.6 is 0 Å². The molecule has 7 heteroatoms. The molecule has 0 heterocycles. The van der Waals surface area contributed by atoms with Gasteiger partial charge in [-0.1, -0.05) is 0 Å². The van der Waals surface area contributed by atoms with E-state index in [1.54, 1.807) is 20.8 Å². The van der Waals surface area contributed by atoms with Crippen LogP contribution in [0.25, 0.3) is 0 Å². The third-order valence-corrected chi connectivity index (χ3v) is 1.98. The average molecular weight is 281 g/mol. The highest BCUT2D eigenvalue weighted by Gasteiger charge is 2.17. The predicted octanol–water partition coefficient (Wildman–Crippen LogP) is 2.27. The number of aromatic carboxylic acids is 1. The molecule has 0 unspecified atom stereocenters. The molecule has 1 aromatic rings. The van der Waals surface area contributed by atoms with Gasteiger partial charge in [0.1, 0.15) is 11.4 Å². The molecule has 20 heavy (non-hydrogen) atoms. The normalized spacial score (nSPS) is 10.6. The first-order valence-electron chi connectivity index (χ1n) is 5.70. The SMILES string of the molecule is CC(C)(C)OC(=O)Nc1cc(OC=O)cc(C(=O)O)c1. The van der Waals surface area contributed by atoms with Gasteiger partial charge < -0.3 is 14.6 Å². The van der Waals surface area contributed by atoms with E-state index in [0.717, 1.165) is 6.07 Å². The van der Waals surface area contributed by atoms with Crippen LogP contribution < -0.4 is 10.1 Å². The molecule has 0 fully saturated rings. The van der Waals surface area contributed by atoms with Gasteiger partial charge in [-0.05, 0) is 32.9 Å². The van der Waals surface area contributed by atoms with Gasteiger partial charge in [-0.15, -0.1) is 0 Å². The Labute approximate surface area is 115 Å². The van der Waals surface area contributed by atoms with E-state index in [1.165, 1.54) is 12.1 Å². The molecule has 108 valence electrons. The van der Waals surface area contributed by atoms with Gasteiger partial charge in [0.25, 0.3) is 6.47 Å². The molecule has 0 aromatic heterocycles. The van der Waals surface area contributed by atoms with Crippen molar-refractivity contribution in [3.05, 3.63) is 23.8 Å². The fourth-order valence-corrected chi connectivity index (χ4v) is 1.34. The maximum atomic E-state index is 11.6. The van der Waals surface area contributed by atoms with E-state index >= 15 is 0 Å². The Morgan fingerprint density at radius 3 is 2.40 bits per heavy atom. The minimum Gasteiger partial charge on any atom is -0.478 e. The molecule has 0 atom stereocenters. The molecular weight excluding hydrogens is 266 g/mol. The molecule has 0 aliphatic heterocycles. The smallest absolute Gasteiger partial charge is 0.412 e. The highest BCUT2D eigenvalue weighted by molar-refractivity contribution is 5.92. The summed E-state index contributed by atoms with van der Waals surface area (Å²) < 4.78 is 9.62. The number of hydrogen-bond acceptors (Lipinski definition) is 5. The highest BCUT2D eigenvalue weighted by atomic mass is 16.6. The topological polar surface area (TPSA) is 102 Å².